The van der Waals surface area contributed by atoms with Crippen LogP contribution >= 0.6 is 0 Å². The second kappa shape index (κ2) is 7.97. The van der Waals surface area contributed by atoms with E-state index in [0.717, 1.165) is 36.1 Å². The Kier molecular flexibility index (Phi) is 5.66. The summed E-state index contributed by atoms with van der Waals surface area (Å²) in [6.45, 7) is 7.48. The number of unbranched alkanes of at least 4 members (excludes halogenated alkanes) is 1. The lowest BCUT2D eigenvalue weighted by Gasteiger charge is -2.19. The van der Waals surface area contributed by atoms with Gasteiger partial charge in [0.1, 0.15) is 11.5 Å². The number of aromatic hydroxyl groups is 1. The van der Waals surface area contributed by atoms with Crippen LogP contribution in [0.3, 0.4) is 0 Å². The number of carbonyl (C=O) groups excluding carboxylic acids is 1. The van der Waals surface area contributed by atoms with Crippen LogP contribution in [0.1, 0.15) is 52.4 Å². The van der Waals surface area contributed by atoms with Crippen molar-refractivity contribution in [1.82, 2.24) is 4.90 Å². The Balaban J connectivity index is 1.95. The monoisotopic (exact) mass is 365 g/mol. The Morgan fingerprint density at radius 3 is 2.56 bits per heavy atom. The molecule has 2 aromatic carbocycles. The van der Waals surface area contributed by atoms with Gasteiger partial charge in [-0.05, 0) is 57.1 Å². The molecule has 142 valence electrons. The lowest BCUT2D eigenvalue weighted by Crippen LogP contribution is -2.19. The van der Waals surface area contributed by atoms with E-state index in [2.05, 4.69) is 11.8 Å². The number of fused-ring (bicyclic) bond motifs is 1. The number of carbonyl (C=O) groups is 1. The molecule has 0 aromatic heterocycles. The van der Waals surface area contributed by atoms with Gasteiger partial charge in [0.05, 0.1) is 11.1 Å². The summed E-state index contributed by atoms with van der Waals surface area (Å²) >= 11 is 0. The summed E-state index contributed by atoms with van der Waals surface area (Å²) in [6.07, 6.45) is 3.97. The SMILES string of the molecule is CCCCN(C)Cc1c(O)cc(C)c2c1O/C(=C\c1ccc(C)cc1)C2=O. The molecule has 0 fully saturated rings. The molecule has 0 unspecified atom stereocenters. The van der Waals surface area contributed by atoms with Crippen LogP contribution in [0.15, 0.2) is 36.1 Å². The zero-order valence-electron chi connectivity index (χ0n) is 16.5. The van der Waals surface area contributed by atoms with Crippen LogP contribution in [0.2, 0.25) is 0 Å². The van der Waals surface area contributed by atoms with Gasteiger partial charge in [-0.2, -0.15) is 0 Å². The molecule has 0 aliphatic carbocycles. The highest BCUT2D eigenvalue weighted by atomic mass is 16.5. The summed E-state index contributed by atoms with van der Waals surface area (Å²) in [4.78, 5) is 15.1. The highest BCUT2D eigenvalue weighted by molar-refractivity contribution is 6.15. The van der Waals surface area contributed by atoms with Gasteiger partial charge < -0.3 is 14.7 Å². The van der Waals surface area contributed by atoms with Crippen molar-refractivity contribution >= 4 is 11.9 Å². The smallest absolute Gasteiger partial charge is 0.232 e. The molecule has 1 aliphatic heterocycles. The lowest BCUT2D eigenvalue weighted by molar-refractivity contribution is 0.101. The van der Waals surface area contributed by atoms with Crippen molar-refractivity contribution in [2.45, 2.75) is 40.2 Å². The molecule has 27 heavy (non-hydrogen) atoms. The first-order valence-corrected chi connectivity index (χ1v) is 9.45. The molecule has 4 heteroatoms. The van der Waals surface area contributed by atoms with Crippen molar-refractivity contribution in [1.29, 1.82) is 0 Å². The molecule has 4 nitrogen and oxygen atoms in total. The van der Waals surface area contributed by atoms with Gasteiger partial charge in [0.25, 0.3) is 0 Å². The fraction of sp³-hybridized carbons (Fsp3) is 0.348. The van der Waals surface area contributed by atoms with Crippen LogP contribution in [0, 0.1) is 13.8 Å². The number of Topliss-reactive ketones (excluding diaryl/α,β-unsaturated/α-hetero) is 1. The number of benzene rings is 2. The molecular formula is C23H27NO3. The Bertz CT molecular complexity index is 881. The molecule has 0 saturated heterocycles. The first-order valence-electron chi connectivity index (χ1n) is 9.45. The van der Waals surface area contributed by atoms with Crippen molar-refractivity contribution < 1.29 is 14.6 Å². The molecule has 1 aliphatic rings. The zero-order chi connectivity index (χ0) is 19.6. The third kappa shape index (κ3) is 4.06. The number of ether oxygens (including phenoxy) is 1. The minimum Gasteiger partial charge on any atom is -0.507 e. The zero-order valence-corrected chi connectivity index (χ0v) is 16.5. The predicted molar refractivity (Wildman–Crippen MR) is 108 cm³/mol. The van der Waals surface area contributed by atoms with Gasteiger partial charge in [-0.3, -0.25) is 4.79 Å². The van der Waals surface area contributed by atoms with Crippen molar-refractivity contribution in [3.63, 3.8) is 0 Å². The van der Waals surface area contributed by atoms with Gasteiger partial charge in [-0.25, -0.2) is 0 Å². The maximum atomic E-state index is 12.9. The number of rotatable bonds is 6. The highest BCUT2D eigenvalue weighted by Gasteiger charge is 2.33. The maximum absolute atomic E-state index is 12.9. The minimum absolute atomic E-state index is 0.125. The van der Waals surface area contributed by atoms with Gasteiger partial charge in [-0.15, -0.1) is 0 Å². The van der Waals surface area contributed by atoms with Gasteiger partial charge >= 0.3 is 0 Å². The first-order chi connectivity index (χ1) is 12.9. The van der Waals surface area contributed by atoms with Gasteiger partial charge in [0.2, 0.25) is 5.78 Å². The van der Waals surface area contributed by atoms with Crippen molar-refractivity contribution in [3.8, 4) is 11.5 Å². The Labute approximate surface area is 161 Å². The van der Waals surface area contributed by atoms with E-state index in [9.17, 15) is 9.90 Å². The lowest BCUT2D eigenvalue weighted by atomic mass is 9.99. The summed E-state index contributed by atoms with van der Waals surface area (Å²) < 4.78 is 5.98. The molecule has 3 rings (SSSR count). The predicted octanol–water partition coefficient (Wildman–Crippen LogP) is 4.86. The fourth-order valence-electron chi connectivity index (χ4n) is 3.32. The van der Waals surface area contributed by atoms with E-state index >= 15 is 0 Å². The van der Waals surface area contributed by atoms with Gasteiger partial charge in [0, 0.05) is 6.54 Å². The summed E-state index contributed by atoms with van der Waals surface area (Å²) in [7, 11) is 2.02. The van der Waals surface area contributed by atoms with Gasteiger partial charge in [-0.1, -0.05) is 43.2 Å². The van der Waals surface area contributed by atoms with E-state index in [1.54, 1.807) is 12.1 Å². The molecule has 1 N–H and O–H groups in total. The second-order valence-electron chi connectivity index (χ2n) is 7.34. The topological polar surface area (TPSA) is 49.8 Å². The number of ketones is 1. The molecule has 0 bridgehead atoms. The van der Waals surface area contributed by atoms with Crippen molar-refractivity contribution in [2.75, 3.05) is 13.6 Å². The molecule has 1 heterocycles. The molecule has 0 atom stereocenters. The van der Waals surface area contributed by atoms with Crippen LogP contribution in [0.25, 0.3) is 6.08 Å². The van der Waals surface area contributed by atoms with E-state index in [-0.39, 0.29) is 11.5 Å². The van der Waals surface area contributed by atoms with Crippen LogP contribution in [-0.4, -0.2) is 29.4 Å². The van der Waals surface area contributed by atoms with Gasteiger partial charge in [0.15, 0.2) is 5.76 Å². The van der Waals surface area contributed by atoms with Crippen LogP contribution < -0.4 is 4.74 Å². The average Bonchev–Trinajstić information content (AvgIpc) is 2.95. The minimum atomic E-state index is -0.125. The third-order valence-corrected chi connectivity index (χ3v) is 4.92. The molecule has 0 amide bonds. The van der Waals surface area contributed by atoms with E-state index < -0.39 is 0 Å². The van der Waals surface area contributed by atoms with Crippen LogP contribution in [-0.2, 0) is 6.54 Å². The number of hydrogen-bond donors (Lipinski definition) is 1. The van der Waals surface area contributed by atoms with E-state index in [0.29, 0.717) is 29.2 Å². The Morgan fingerprint density at radius 1 is 1.19 bits per heavy atom. The Morgan fingerprint density at radius 2 is 1.89 bits per heavy atom. The number of phenolic OH excluding ortho intramolecular Hbond substituents is 1. The molecule has 2 aromatic rings. The fourth-order valence-corrected chi connectivity index (χ4v) is 3.32. The number of aryl methyl sites for hydroxylation is 2. The normalized spacial score (nSPS) is 14.7. The van der Waals surface area contributed by atoms with Crippen molar-refractivity contribution in [3.05, 3.63) is 63.9 Å². The number of allylic oxidation sites excluding steroid dienone is 1. The van der Waals surface area contributed by atoms with E-state index in [4.69, 9.17) is 4.74 Å². The highest BCUT2D eigenvalue weighted by Crippen LogP contribution is 2.42. The largest absolute Gasteiger partial charge is 0.507 e. The van der Waals surface area contributed by atoms with E-state index in [1.807, 2.05) is 45.2 Å². The quantitative estimate of drug-likeness (QED) is 0.743. The first kappa shape index (κ1) is 19.2. The average molecular weight is 365 g/mol. The molecular weight excluding hydrogens is 338 g/mol. The molecule has 0 saturated carbocycles. The summed E-state index contributed by atoms with van der Waals surface area (Å²) in [6, 6.07) is 9.60. The third-order valence-electron chi connectivity index (χ3n) is 4.92. The second-order valence-corrected chi connectivity index (χ2v) is 7.34. The number of nitrogens with zero attached hydrogens (tertiary/aromatic N) is 1. The molecule has 0 spiro atoms. The number of phenols is 1. The van der Waals surface area contributed by atoms with Crippen LogP contribution in [0.5, 0.6) is 11.5 Å². The molecule has 0 radical (unpaired) electrons. The summed E-state index contributed by atoms with van der Waals surface area (Å²) in [5, 5.41) is 10.5. The standard InChI is InChI=1S/C23H27NO3/c1-5-6-11-24(4)14-18-19(25)12-16(3)21-22(26)20(27-23(18)21)13-17-9-7-15(2)8-10-17/h7-10,12-13,25H,5-6,11,14H2,1-4H3/b20-13-. The van der Waals surface area contributed by atoms with E-state index in [1.165, 1.54) is 0 Å². The van der Waals surface area contributed by atoms with Crippen LogP contribution in [0.4, 0.5) is 0 Å². The summed E-state index contributed by atoms with van der Waals surface area (Å²) in [5.41, 5.74) is 4.05. The Hall–Kier alpha value is -2.59. The maximum Gasteiger partial charge on any atom is 0.232 e. The number of hydrogen-bond acceptors (Lipinski definition) is 4. The summed E-state index contributed by atoms with van der Waals surface area (Å²) in [5.74, 6) is 0.860. The van der Waals surface area contributed by atoms with Crippen molar-refractivity contribution in [2.24, 2.45) is 0 Å².